The summed E-state index contributed by atoms with van der Waals surface area (Å²) in [7, 11) is -0.676. The molecule has 4 heteroatoms. The van der Waals surface area contributed by atoms with Gasteiger partial charge in [-0.25, -0.2) is 0 Å². The summed E-state index contributed by atoms with van der Waals surface area (Å²) in [6, 6.07) is 19.8. The summed E-state index contributed by atoms with van der Waals surface area (Å²) in [4.78, 5) is 12.8. The fourth-order valence-corrected chi connectivity index (χ4v) is 3.95. The van der Waals surface area contributed by atoms with E-state index in [1.54, 1.807) is 0 Å². The lowest BCUT2D eigenvalue weighted by molar-refractivity contribution is -0.145. The number of rotatable bonds is 6. The van der Waals surface area contributed by atoms with Gasteiger partial charge in [-0.2, -0.15) is 0 Å². The largest absolute Gasteiger partial charge is 0.468 e. The standard InChI is InChI=1S/C22H30O3Si/c1-22(2,3)26(5,6)25-20(18-15-11-8-12-16-18)19(21(23)24-4)17-13-9-7-10-14-17/h7-16,19-20H,1-6H3/t19-,20+/m0/s1. The number of carbonyl (C=O) groups is 1. The van der Waals surface area contributed by atoms with Gasteiger partial charge in [-0.05, 0) is 29.3 Å². The molecule has 0 aromatic heterocycles. The van der Waals surface area contributed by atoms with E-state index >= 15 is 0 Å². The average molecular weight is 371 g/mol. The molecule has 0 radical (unpaired) electrons. The summed E-state index contributed by atoms with van der Waals surface area (Å²) in [6.45, 7) is 11.0. The first-order valence-electron chi connectivity index (χ1n) is 9.03. The summed E-state index contributed by atoms with van der Waals surface area (Å²) in [5, 5.41) is 0.0391. The lowest BCUT2D eigenvalue weighted by Gasteiger charge is -2.41. The molecule has 0 amide bonds. The molecule has 0 saturated heterocycles. The van der Waals surface area contributed by atoms with Gasteiger partial charge in [-0.1, -0.05) is 81.4 Å². The minimum atomic E-state index is -2.11. The Balaban J connectivity index is 2.55. The summed E-state index contributed by atoms with van der Waals surface area (Å²) in [5.74, 6) is -0.776. The van der Waals surface area contributed by atoms with Crippen LogP contribution in [0.2, 0.25) is 18.1 Å². The molecule has 3 nitrogen and oxygen atoms in total. The molecule has 0 aliphatic rings. The maximum Gasteiger partial charge on any atom is 0.316 e. The van der Waals surface area contributed by atoms with Gasteiger partial charge in [0.1, 0.15) is 5.92 Å². The van der Waals surface area contributed by atoms with Crippen molar-refractivity contribution < 1.29 is 14.0 Å². The van der Waals surface area contributed by atoms with E-state index in [2.05, 4.69) is 33.9 Å². The van der Waals surface area contributed by atoms with Gasteiger partial charge in [-0.3, -0.25) is 4.79 Å². The van der Waals surface area contributed by atoms with Gasteiger partial charge in [0, 0.05) is 0 Å². The zero-order valence-electron chi connectivity index (χ0n) is 16.7. The van der Waals surface area contributed by atoms with E-state index in [0.717, 1.165) is 11.1 Å². The molecule has 2 atom stereocenters. The normalized spacial score (nSPS) is 14.5. The smallest absolute Gasteiger partial charge is 0.316 e. The van der Waals surface area contributed by atoms with E-state index in [-0.39, 0.29) is 17.1 Å². The van der Waals surface area contributed by atoms with Crippen molar-refractivity contribution in [1.29, 1.82) is 0 Å². The lowest BCUT2D eigenvalue weighted by atomic mass is 9.89. The molecule has 2 rings (SSSR count). The van der Waals surface area contributed by atoms with E-state index in [0.29, 0.717) is 0 Å². The second-order valence-corrected chi connectivity index (χ2v) is 12.9. The summed E-state index contributed by atoms with van der Waals surface area (Å²) in [6.07, 6.45) is -0.382. The molecule has 0 heterocycles. The Kier molecular flexibility index (Phi) is 6.42. The predicted molar refractivity (Wildman–Crippen MR) is 109 cm³/mol. The van der Waals surface area contributed by atoms with Crippen molar-refractivity contribution in [2.75, 3.05) is 7.11 Å². The monoisotopic (exact) mass is 370 g/mol. The van der Waals surface area contributed by atoms with E-state index < -0.39 is 14.2 Å². The van der Waals surface area contributed by atoms with Crippen LogP contribution >= 0.6 is 0 Å². The van der Waals surface area contributed by atoms with Crippen LogP contribution in [0.1, 0.15) is 43.9 Å². The summed E-state index contributed by atoms with van der Waals surface area (Å²) < 4.78 is 11.9. The van der Waals surface area contributed by atoms with Crippen molar-refractivity contribution in [3.8, 4) is 0 Å². The third-order valence-corrected chi connectivity index (χ3v) is 9.73. The maximum absolute atomic E-state index is 12.8. The highest BCUT2D eigenvalue weighted by Gasteiger charge is 2.43. The Morgan fingerprint density at radius 3 is 1.77 bits per heavy atom. The molecule has 0 aliphatic carbocycles. The van der Waals surface area contributed by atoms with Crippen LogP contribution in [0.5, 0.6) is 0 Å². The molecule has 0 unspecified atom stereocenters. The molecule has 0 N–H and O–H groups in total. The zero-order valence-corrected chi connectivity index (χ0v) is 17.7. The molecule has 0 spiro atoms. The maximum atomic E-state index is 12.8. The van der Waals surface area contributed by atoms with E-state index in [1.165, 1.54) is 7.11 Å². The van der Waals surface area contributed by atoms with E-state index in [1.807, 2.05) is 60.7 Å². The second-order valence-electron chi connectivity index (χ2n) is 8.12. The summed E-state index contributed by atoms with van der Waals surface area (Å²) >= 11 is 0. The van der Waals surface area contributed by atoms with Gasteiger partial charge in [0.15, 0.2) is 8.32 Å². The molecule has 0 fully saturated rings. The average Bonchev–Trinajstić information content (AvgIpc) is 2.61. The zero-order chi connectivity index (χ0) is 19.4. The summed E-state index contributed by atoms with van der Waals surface area (Å²) in [5.41, 5.74) is 1.91. The van der Waals surface area contributed by atoms with Crippen LogP contribution < -0.4 is 0 Å². The Labute approximate surface area is 158 Å². The van der Waals surface area contributed by atoms with Crippen molar-refractivity contribution >= 4 is 14.3 Å². The van der Waals surface area contributed by atoms with Crippen molar-refractivity contribution in [2.24, 2.45) is 0 Å². The highest BCUT2D eigenvalue weighted by Crippen LogP contribution is 2.44. The van der Waals surface area contributed by atoms with E-state index in [4.69, 9.17) is 9.16 Å². The van der Waals surface area contributed by atoms with Gasteiger partial charge in [0.25, 0.3) is 0 Å². The van der Waals surface area contributed by atoms with Gasteiger partial charge >= 0.3 is 5.97 Å². The highest BCUT2D eigenvalue weighted by atomic mass is 28.4. The topological polar surface area (TPSA) is 35.5 Å². The fourth-order valence-electron chi connectivity index (χ4n) is 2.69. The van der Waals surface area contributed by atoms with Crippen LogP contribution in [0.25, 0.3) is 0 Å². The number of hydrogen-bond donors (Lipinski definition) is 0. The molecule has 0 aliphatic heterocycles. The van der Waals surface area contributed by atoms with Crippen LogP contribution in [-0.2, 0) is 14.0 Å². The Morgan fingerprint density at radius 1 is 0.885 bits per heavy atom. The number of methoxy groups -OCH3 is 1. The van der Waals surface area contributed by atoms with Crippen molar-refractivity contribution in [1.82, 2.24) is 0 Å². The molecule has 140 valence electrons. The first-order chi connectivity index (χ1) is 12.2. The van der Waals surface area contributed by atoms with Gasteiger partial charge < -0.3 is 9.16 Å². The third kappa shape index (κ3) is 4.62. The molecule has 26 heavy (non-hydrogen) atoms. The first-order valence-corrected chi connectivity index (χ1v) is 11.9. The molecule has 2 aromatic rings. The van der Waals surface area contributed by atoms with Crippen LogP contribution in [0.15, 0.2) is 60.7 Å². The Bertz CT molecular complexity index is 705. The SMILES string of the molecule is COC(=O)[C@@H](c1ccccc1)[C@H](O[Si](C)(C)C(C)(C)C)c1ccccc1. The van der Waals surface area contributed by atoms with Gasteiger partial charge in [-0.15, -0.1) is 0 Å². The van der Waals surface area contributed by atoms with Crippen molar-refractivity contribution in [3.05, 3.63) is 71.8 Å². The lowest BCUT2D eigenvalue weighted by Crippen LogP contribution is -2.43. The van der Waals surface area contributed by atoms with Crippen LogP contribution in [0.3, 0.4) is 0 Å². The fraction of sp³-hybridized carbons (Fsp3) is 0.409. The van der Waals surface area contributed by atoms with Crippen molar-refractivity contribution in [2.45, 2.75) is 50.9 Å². The Hall–Kier alpha value is -1.91. The molecule has 2 aromatic carbocycles. The van der Waals surface area contributed by atoms with Gasteiger partial charge in [0.05, 0.1) is 13.2 Å². The van der Waals surface area contributed by atoms with Gasteiger partial charge in [0.2, 0.25) is 0 Å². The molecule has 0 saturated carbocycles. The quantitative estimate of drug-likeness (QED) is 0.483. The van der Waals surface area contributed by atoms with Crippen molar-refractivity contribution in [3.63, 3.8) is 0 Å². The third-order valence-electron chi connectivity index (χ3n) is 5.27. The molecular formula is C22H30O3Si. The predicted octanol–water partition coefficient (Wildman–Crippen LogP) is 5.71. The minimum absolute atomic E-state index is 0.0391. The number of esters is 1. The van der Waals surface area contributed by atoms with Crippen LogP contribution in [-0.4, -0.2) is 21.4 Å². The Morgan fingerprint density at radius 2 is 1.35 bits per heavy atom. The second kappa shape index (κ2) is 8.19. The molecule has 0 bridgehead atoms. The first kappa shape index (κ1) is 20.4. The van der Waals surface area contributed by atoms with Crippen LogP contribution in [0.4, 0.5) is 0 Å². The number of benzene rings is 2. The highest BCUT2D eigenvalue weighted by molar-refractivity contribution is 6.74. The van der Waals surface area contributed by atoms with Crippen LogP contribution in [0, 0.1) is 0 Å². The number of hydrogen-bond acceptors (Lipinski definition) is 3. The number of ether oxygens (including phenoxy) is 1. The molecular weight excluding hydrogens is 340 g/mol. The van der Waals surface area contributed by atoms with E-state index in [9.17, 15) is 4.79 Å². The minimum Gasteiger partial charge on any atom is -0.468 e. The number of carbonyl (C=O) groups excluding carboxylic acids is 1.